The van der Waals surface area contributed by atoms with Crippen LogP contribution in [-0.4, -0.2) is 74.3 Å². The lowest BCUT2D eigenvalue weighted by Crippen LogP contribution is -2.47. The number of rotatable bonds is 51. The number of nitrogens with zero attached hydrogens (tertiary/aromatic N) is 1. The van der Waals surface area contributed by atoms with Gasteiger partial charge in [-0.05, 0) is 70.3 Å². The Morgan fingerprint density at radius 1 is 0.507 bits per heavy atom. The van der Waals surface area contributed by atoms with Gasteiger partial charge >= 0.3 is 13.8 Å². The van der Waals surface area contributed by atoms with E-state index in [1.165, 1.54) is 148 Å². The van der Waals surface area contributed by atoms with Crippen molar-refractivity contribution in [2.24, 2.45) is 0 Å². The summed E-state index contributed by atoms with van der Waals surface area (Å²) in [6.45, 7) is 6.94. The number of amides is 1. The van der Waals surface area contributed by atoms with Crippen LogP contribution in [0.5, 0.6) is 0 Å². The highest BCUT2D eigenvalue weighted by atomic mass is 31.2. The van der Waals surface area contributed by atoms with Crippen molar-refractivity contribution in [2.45, 2.75) is 264 Å². The van der Waals surface area contributed by atoms with Crippen LogP contribution in [-0.2, 0) is 27.9 Å². The van der Waals surface area contributed by atoms with Gasteiger partial charge in [0, 0.05) is 12.8 Å². The van der Waals surface area contributed by atoms with E-state index in [0.29, 0.717) is 17.4 Å². The number of hydrogen-bond donors (Lipinski definition) is 2. The smallest absolute Gasteiger partial charge is 0.456 e. The summed E-state index contributed by atoms with van der Waals surface area (Å²) in [5, 5.41) is 3.01. The Balaban J connectivity index is 5.46. The molecule has 0 saturated carbocycles. The average Bonchev–Trinajstić information content (AvgIpc) is 3.31. The van der Waals surface area contributed by atoms with Crippen molar-refractivity contribution in [1.29, 1.82) is 0 Å². The van der Waals surface area contributed by atoms with Gasteiger partial charge in [0.25, 0.3) is 0 Å². The van der Waals surface area contributed by atoms with Crippen LogP contribution in [0.2, 0.25) is 0 Å². The molecular formula is C59H110N2O7P+. The minimum atomic E-state index is -4.46. The number of allylic oxidation sites excluding steroid dienone is 9. The number of nitrogens with one attached hydrogen (secondary N) is 1. The minimum Gasteiger partial charge on any atom is -0.456 e. The van der Waals surface area contributed by atoms with Gasteiger partial charge in [-0.1, -0.05) is 230 Å². The number of phosphoric ester groups is 1. The highest BCUT2D eigenvalue weighted by molar-refractivity contribution is 7.47. The molecule has 402 valence electrons. The fourth-order valence-electron chi connectivity index (χ4n) is 7.99. The van der Waals surface area contributed by atoms with E-state index in [-0.39, 0.29) is 37.9 Å². The number of likely N-dealkylation sites (N-methyl/N-ethyl adjacent to an activating group) is 1. The quantitative estimate of drug-likeness (QED) is 0.0205. The molecule has 0 heterocycles. The molecule has 3 unspecified atom stereocenters. The monoisotopic (exact) mass is 990 g/mol. The van der Waals surface area contributed by atoms with E-state index in [1.807, 2.05) is 33.3 Å². The first-order chi connectivity index (χ1) is 33.4. The lowest BCUT2D eigenvalue weighted by atomic mass is 10.0. The summed E-state index contributed by atoms with van der Waals surface area (Å²) in [5.74, 6) is -0.567. The summed E-state index contributed by atoms with van der Waals surface area (Å²) in [5.41, 5.74) is 0. The Hall–Kier alpha value is -2.29. The van der Waals surface area contributed by atoms with Gasteiger partial charge in [-0.25, -0.2) is 4.57 Å². The van der Waals surface area contributed by atoms with Gasteiger partial charge < -0.3 is 19.4 Å². The molecule has 0 aliphatic heterocycles. The second kappa shape index (κ2) is 49.3. The Morgan fingerprint density at radius 3 is 1.38 bits per heavy atom. The van der Waals surface area contributed by atoms with E-state index < -0.39 is 20.0 Å². The van der Waals surface area contributed by atoms with Crippen LogP contribution < -0.4 is 5.32 Å². The van der Waals surface area contributed by atoms with Crippen molar-refractivity contribution in [2.75, 3.05) is 40.9 Å². The van der Waals surface area contributed by atoms with Crippen molar-refractivity contribution in [3.8, 4) is 0 Å². The van der Waals surface area contributed by atoms with E-state index >= 15 is 0 Å². The van der Waals surface area contributed by atoms with E-state index in [4.69, 9.17) is 13.8 Å². The van der Waals surface area contributed by atoms with Gasteiger partial charge in [0.1, 0.15) is 19.3 Å². The molecule has 0 aromatic rings. The zero-order valence-electron chi connectivity index (χ0n) is 45.8. The van der Waals surface area contributed by atoms with Crippen LogP contribution in [0.25, 0.3) is 0 Å². The third kappa shape index (κ3) is 50.4. The Morgan fingerprint density at radius 2 is 0.899 bits per heavy atom. The normalized spacial score (nSPS) is 14.2. The van der Waals surface area contributed by atoms with Crippen molar-refractivity contribution >= 4 is 19.7 Å². The molecule has 0 bridgehead atoms. The van der Waals surface area contributed by atoms with Gasteiger partial charge in [-0.3, -0.25) is 18.6 Å². The first kappa shape index (κ1) is 66.7. The first-order valence-corrected chi connectivity index (χ1v) is 30.1. The highest BCUT2D eigenvalue weighted by Crippen LogP contribution is 2.43. The van der Waals surface area contributed by atoms with E-state index in [2.05, 4.69) is 74.7 Å². The standard InChI is InChI=1S/C59H109N2O7P/c1-7-10-13-16-19-22-25-28-29-30-31-34-36-39-42-45-48-51-58(62)60-56(55-67-69(64,65)66-54-53-61(4,5)6)57(50-47-44-41-38-35-32-26-23-20-17-14-11-8-2)68-59(63)52-49-46-43-40-37-33-27-24-21-18-15-12-9-3/h19,22,28-29,31,34,39,42,47,50,56-57H,7-18,20-21,23-27,30,32-33,35-38,40-41,43-46,48-49,51-55H2,1-6H3,(H-,60,62,64,65)/p+1/b22-19-,29-28-,34-31-,42-39-,50-47+. The topological polar surface area (TPSA) is 111 Å². The molecule has 0 aliphatic carbocycles. The number of hydrogen-bond acceptors (Lipinski definition) is 6. The molecule has 1 amide bonds. The molecule has 0 rings (SSSR count). The Kier molecular flexibility index (Phi) is 47.7. The number of phosphoric acid groups is 1. The van der Waals surface area contributed by atoms with E-state index in [1.54, 1.807) is 0 Å². The predicted octanol–water partition coefficient (Wildman–Crippen LogP) is 17.1. The van der Waals surface area contributed by atoms with E-state index in [0.717, 1.165) is 64.2 Å². The zero-order valence-corrected chi connectivity index (χ0v) is 46.7. The molecule has 0 aromatic carbocycles. The van der Waals surface area contributed by atoms with Crippen molar-refractivity contribution < 1.29 is 37.3 Å². The van der Waals surface area contributed by atoms with Crippen LogP contribution >= 0.6 is 7.82 Å². The average molecular weight is 991 g/mol. The summed E-state index contributed by atoms with van der Waals surface area (Å²) in [7, 11) is 1.46. The molecule has 9 nitrogen and oxygen atoms in total. The third-order valence-corrected chi connectivity index (χ3v) is 13.4. The molecule has 0 saturated heterocycles. The zero-order chi connectivity index (χ0) is 50.8. The summed E-state index contributed by atoms with van der Waals surface area (Å²) in [6.07, 6.45) is 60.7. The molecule has 69 heavy (non-hydrogen) atoms. The number of esters is 1. The van der Waals surface area contributed by atoms with Crippen LogP contribution in [0.4, 0.5) is 0 Å². The van der Waals surface area contributed by atoms with Gasteiger partial charge in [0.05, 0.1) is 33.8 Å². The maximum Gasteiger partial charge on any atom is 0.472 e. The number of ether oxygens (including phenoxy) is 1. The molecule has 2 N–H and O–H groups in total. The lowest BCUT2D eigenvalue weighted by Gasteiger charge is -2.27. The predicted molar refractivity (Wildman–Crippen MR) is 295 cm³/mol. The fourth-order valence-corrected chi connectivity index (χ4v) is 8.73. The third-order valence-electron chi connectivity index (χ3n) is 12.5. The number of quaternary nitrogens is 1. The van der Waals surface area contributed by atoms with Crippen molar-refractivity contribution in [1.82, 2.24) is 5.32 Å². The number of carbonyl (C=O) groups is 2. The maximum atomic E-state index is 13.5. The number of unbranched alkanes of at least 4 members (excludes halogenated alkanes) is 27. The molecule has 0 aliphatic rings. The van der Waals surface area contributed by atoms with Gasteiger partial charge in [-0.15, -0.1) is 0 Å². The molecule has 0 fully saturated rings. The van der Waals surface area contributed by atoms with E-state index in [9.17, 15) is 19.0 Å². The fraction of sp³-hybridized carbons (Fsp3) is 0.797. The largest absolute Gasteiger partial charge is 0.472 e. The summed E-state index contributed by atoms with van der Waals surface area (Å²) in [4.78, 5) is 37.5. The first-order valence-electron chi connectivity index (χ1n) is 28.6. The van der Waals surface area contributed by atoms with Crippen LogP contribution in [0, 0.1) is 0 Å². The molecule has 3 atom stereocenters. The van der Waals surface area contributed by atoms with Crippen LogP contribution in [0.15, 0.2) is 60.8 Å². The highest BCUT2D eigenvalue weighted by Gasteiger charge is 2.30. The number of carbonyl (C=O) groups excluding carboxylic acids is 2. The summed E-state index contributed by atoms with van der Waals surface area (Å²) < 4.78 is 30.6. The molecular weight excluding hydrogens is 880 g/mol. The summed E-state index contributed by atoms with van der Waals surface area (Å²) >= 11 is 0. The van der Waals surface area contributed by atoms with Crippen LogP contribution in [0.1, 0.15) is 252 Å². The van der Waals surface area contributed by atoms with Gasteiger partial charge in [0.2, 0.25) is 5.91 Å². The Bertz CT molecular complexity index is 1370. The molecule has 10 heteroatoms. The lowest BCUT2D eigenvalue weighted by molar-refractivity contribution is -0.870. The minimum absolute atomic E-state index is 0.0299. The second-order valence-corrected chi connectivity index (χ2v) is 21.9. The van der Waals surface area contributed by atoms with Crippen LogP contribution in [0.3, 0.4) is 0 Å². The second-order valence-electron chi connectivity index (χ2n) is 20.5. The van der Waals surface area contributed by atoms with Crippen molar-refractivity contribution in [3.05, 3.63) is 60.8 Å². The molecule has 0 aromatic heterocycles. The Labute approximate surface area is 426 Å². The van der Waals surface area contributed by atoms with Crippen molar-refractivity contribution in [3.63, 3.8) is 0 Å². The van der Waals surface area contributed by atoms with Gasteiger partial charge in [0.15, 0.2) is 0 Å². The summed E-state index contributed by atoms with van der Waals surface area (Å²) in [6, 6.07) is -0.874. The van der Waals surface area contributed by atoms with Gasteiger partial charge in [-0.2, -0.15) is 0 Å². The molecule has 0 radical (unpaired) electrons. The maximum absolute atomic E-state index is 13.5. The molecule has 0 spiro atoms. The SMILES string of the molecule is CCCCC/C=C\C/C=C\C/C=C\C/C=C\CCCC(=O)NC(COP(=O)(O)OCC[N+](C)(C)C)C(/C=C/CCCCCCCCCCCCC)OC(=O)CCCCCCCCCCCCCCC.